The lowest BCUT2D eigenvalue weighted by Gasteiger charge is -2.19. The number of aromatic nitrogens is 2. The minimum atomic E-state index is 0.260. The molecule has 0 radical (unpaired) electrons. The van der Waals surface area contributed by atoms with E-state index in [1.807, 2.05) is 11.8 Å². The Kier molecular flexibility index (Phi) is 3.60. The van der Waals surface area contributed by atoms with Gasteiger partial charge in [-0.05, 0) is 38.5 Å². The minimum absolute atomic E-state index is 0.260. The van der Waals surface area contributed by atoms with Crippen molar-refractivity contribution in [3.05, 3.63) is 17.2 Å². The molecule has 0 bridgehead atoms. The molecule has 1 unspecified atom stereocenters. The topological polar surface area (TPSA) is 54.7 Å². The molecule has 1 saturated heterocycles. The number of hydrogen-bond acceptors (Lipinski definition) is 3. The first-order valence-electron chi connectivity index (χ1n) is 5.99. The molecule has 16 heavy (non-hydrogen) atoms. The van der Waals surface area contributed by atoms with E-state index in [9.17, 15) is 0 Å². The molecule has 1 fully saturated rings. The molecular formula is C12H21N3S. The Bertz CT molecular complexity index is 353. The van der Waals surface area contributed by atoms with Crippen molar-refractivity contribution in [1.29, 1.82) is 0 Å². The van der Waals surface area contributed by atoms with E-state index < -0.39 is 0 Å². The first-order valence-corrected chi connectivity index (χ1v) is 7.15. The fraction of sp³-hybridized carbons (Fsp3) is 0.750. The van der Waals surface area contributed by atoms with Gasteiger partial charge in [-0.2, -0.15) is 11.8 Å². The highest BCUT2D eigenvalue weighted by molar-refractivity contribution is 7.99. The second kappa shape index (κ2) is 4.80. The van der Waals surface area contributed by atoms with Gasteiger partial charge in [0.25, 0.3) is 0 Å². The number of aryl methyl sites for hydroxylation is 2. The Hall–Kier alpha value is -0.480. The average Bonchev–Trinajstić information content (AvgIpc) is 2.84. The number of nitrogens with two attached hydrogens (primary N) is 1. The summed E-state index contributed by atoms with van der Waals surface area (Å²) in [7, 11) is 0. The van der Waals surface area contributed by atoms with Crippen LogP contribution < -0.4 is 5.73 Å². The zero-order valence-electron chi connectivity index (χ0n) is 10.2. The van der Waals surface area contributed by atoms with Gasteiger partial charge in [-0.15, -0.1) is 0 Å². The van der Waals surface area contributed by atoms with Crippen molar-refractivity contribution in [2.45, 2.75) is 38.5 Å². The molecular weight excluding hydrogens is 218 g/mol. The largest absolute Gasteiger partial charge is 0.345 e. The predicted molar refractivity (Wildman–Crippen MR) is 70.0 cm³/mol. The fourth-order valence-electron chi connectivity index (χ4n) is 2.15. The fourth-order valence-corrected chi connectivity index (χ4v) is 3.62. The van der Waals surface area contributed by atoms with Crippen molar-refractivity contribution in [2.75, 3.05) is 18.1 Å². The van der Waals surface area contributed by atoms with E-state index in [4.69, 9.17) is 10.7 Å². The summed E-state index contributed by atoms with van der Waals surface area (Å²) in [6.45, 7) is 5.18. The molecule has 1 aliphatic rings. The molecule has 0 aliphatic carbocycles. The van der Waals surface area contributed by atoms with E-state index in [0.717, 1.165) is 19.4 Å². The zero-order chi connectivity index (χ0) is 11.6. The first kappa shape index (κ1) is 12.0. The summed E-state index contributed by atoms with van der Waals surface area (Å²) in [6.07, 6.45) is 3.26. The minimum Gasteiger partial charge on any atom is -0.345 e. The molecule has 0 aromatic carbocycles. The van der Waals surface area contributed by atoms with Gasteiger partial charge < -0.3 is 10.7 Å². The number of H-pyrrole nitrogens is 1. The Morgan fingerprint density at radius 1 is 1.56 bits per heavy atom. The average molecular weight is 239 g/mol. The lowest BCUT2D eigenvalue weighted by Crippen LogP contribution is -2.22. The van der Waals surface area contributed by atoms with Gasteiger partial charge in [-0.25, -0.2) is 4.98 Å². The second-order valence-corrected chi connectivity index (χ2v) is 6.02. The van der Waals surface area contributed by atoms with Crippen molar-refractivity contribution >= 4 is 11.8 Å². The molecule has 90 valence electrons. The van der Waals surface area contributed by atoms with Crippen molar-refractivity contribution in [3.8, 4) is 0 Å². The summed E-state index contributed by atoms with van der Waals surface area (Å²) in [4.78, 5) is 8.25. The molecule has 0 spiro atoms. The molecule has 1 atom stereocenters. The maximum atomic E-state index is 5.54. The molecule has 2 heterocycles. The van der Waals surface area contributed by atoms with Crippen molar-refractivity contribution < 1.29 is 0 Å². The van der Waals surface area contributed by atoms with Crippen LogP contribution in [-0.4, -0.2) is 28.0 Å². The standard InChI is InChI=1S/C12H21N3S/c1-9-10(4-3-6-13)15-11(14-9)12(2)5-7-16-8-12/h3-8,13H2,1-2H3,(H,14,15). The monoisotopic (exact) mass is 239 g/mol. The SMILES string of the molecule is Cc1[nH]c(C2(C)CCSC2)nc1CCCN. The van der Waals surface area contributed by atoms with Gasteiger partial charge in [0.1, 0.15) is 5.82 Å². The third-order valence-electron chi connectivity index (χ3n) is 3.39. The van der Waals surface area contributed by atoms with E-state index in [2.05, 4.69) is 18.8 Å². The third-order valence-corrected chi connectivity index (χ3v) is 4.73. The molecule has 1 aromatic rings. The maximum Gasteiger partial charge on any atom is 0.113 e. The Balaban J connectivity index is 2.16. The van der Waals surface area contributed by atoms with E-state index in [-0.39, 0.29) is 5.41 Å². The van der Waals surface area contributed by atoms with Crippen molar-refractivity contribution in [3.63, 3.8) is 0 Å². The number of nitrogens with one attached hydrogen (secondary N) is 1. The van der Waals surface area contributed by atoms with Crippen LogP contribution in [0.25, 0.3) is 0 Å². The van der Waals surface area contributed by atoms with Crippen LogP contribution in [0, 0.1) is 6.92 Å². The molecule has 0 amide bonds. The zero-order valence-corrected chi connectivity index (χ0v) is 11.0. The summed E-state index contributed by atoms with van der Waals surface area (Å²) in [5, 5.41) is 0. The van der Waals surface area contributed by atoms with Crippen LogP contribution >= 0.6 is 11.8 Å². The normalized spacial score (nSPS) is 25.2. The van der Waals surface area contributed by atoms with Gasteiger partial charge in [-0.3, -0.25) is 0 Å². The Morgan fingerprint density at radius 3 is 3.00 bits per heavy atom. The summed E-state index contributed by atoms with van der Waals surface area (Å²) in [6, 6.07) is 0. The predicted octanol–water partition coefficient (Wildman–Crippen LogP) is 2.00. The number of nitrogens with zero attached hydrogens (tertiary/aromatic N) is 1. The first-order chi connectivity index (χ1) is 7.65. The molecule has 4 heteroatoms. The van der Waals surface area contributed by atoms with Crippen LogP contribution in [0.15, 0.2) is 0 Å². The second-order valence-electron chi connectivity index (χ2n) is 4.91. The van der Waals surface area contributed by atoms with Gasteiger partial charge in [0.15, 0.2) is 0 Å². The highest BCUT2D eigenvalue weighted by Crippen LogP contribution is 2.37. The van der Waals surface area contributed by atoms with E-state index in [1.54, 1.807) is 0 Å². The number of rotatable bonds is 4. The van der Waals surface area contributed by atoms with E-state index >= 15 is 0 Å². The molecule has 1 aliphatic heterocycles. The van der Waals surface area contributed by atoms with Gasteiger partial charge >= 0.3 is 0 Å². The lowest BCUT2D eigenvalue weighted by atomic mass is 9.89. The van der Waals surface area contributed by atoms with Gasteiger partial charge in [0.2, 0.25) is 0 Å². The third kappa shape index (κ3) is 2.28. The maximum absolute atomic E-state index is 5.54. The van der Waals surface area contributed by atoms with E-state index in [1.165, 1.54) is 35.1 Å². The molecule has 1 aromatic heterocycles. The number of imidazole rings is 1. The summed E-state index contributed by atoms with van der Waals surface area (Å²) >= 11 is 2.03. The molecule has 3 N–H and O–H groups in total. The van der Waals surface area contributed by atoms with Crippen LogP contribution in [0.5, 0.6) is 0 Å². The van der Waals surface area contributed by atoms with Crippen LogP contribution in [0.3, 0.4) is 0 Å². The Morgan fingerprint density at radius 2 is 2.38 bits per heavy atom. The van der Waals surface area contributed by atoms with Crippen molar-refractivity contribution in [2.24, 2.45) is 5.73 Å². The van der Waals surface area contributed by atoms with Gasteiger partial charge in [0, 0.05) is 16.9 Å². The van der Waals surface area contributed by atoms with Crippen LogP contribution in [0.4, 0.5) is 0 Å². The molecule has 3 nitrogen and oxygen atoms in total. The lowest BCUT2D eigenvalue weighted by molar-refractivity contribution is 0.508. The number of hydrogen-bond donors (Lipinski definition) is 2. The highest BCUT2D eigenvalue weighted by atomic mass is 32.2. The molecule has 2 rings (SSSR count). The summed E-state index contributed by atoms with van der Waals surface area (Å²) < 4.78 is 0. The van der Waals surface area contributed by atoms with Crippen LogP contribution in [0.2, 0.25) is 0 Å². The number of thioether (sulfide) groups is 1. The van der Waals surface area contributed by atoms with Crippen LogP contribution in [0.1, 0.15) is 37.0 Å². The molecule has 0 saturated carbocycles. The van der Waals surface area contributed by atoms with E-state index in [0.29, 0.717) is 0 Å². The summed E-state index contributed by atoms with van der Waals surface area (Å²) in [5.41, 5.74) is 8.23. The van der Waals surface area contributed by atoms with Gasteiger partial charge in [0.05, 0.1) is 5.69 Å². The quantitative estimate of drug-likeness (QED) is 0.845. The van der Waals surface area contributed by atoms with Gasteiger partial charge in [-0.1, -0.05) is 6.92 Å². The number of aromatic amines is 1. The Labute approximate surface area is 102 Å². The van der Waals surface area contributed by atoms with Crippen LogP contribution in [-0.2, 0) is 11.8 Å². The summed E-state index contributed by atoms with van der Waals surface area (Å²) in [5.74, 6) is 3.63. The van der Waals surface area contributed by atoms with Crippen molar-refractivity contribution in [1.82, 2.24) is 9.97 Å². The smallest absolute Gasteiger partial charge is 0.113 e. The highest BCUT2D eigenvalue weighted by Gasteiger charge is 2.34.